The van der Waals surface area contributed by atoms with E-state index in [2.05, 4.69) is 9.71 Å². The normalized spacial score (nSPS) is 11.4. The smallest absolute Gasteiger partial charge is 0.272 e. The first-order valence-electron chi connectivity index (χ1n) is 4.89. The average molecular weight is 304 g/mol. The van der Waals surface area contributed by atoms with Crippen molar-refractivity contribution in [3.8, 4) is 0 Å². The highest BCUT2D eigenvalue weighted by atomic mass is 35.5. The molecule has 18 heavy (non-hydrogen) atoms. The minimum atomic E-state index is -3.65. The lowest BCUT2D eigenvalue weighted by Gasteiger charge is -2.08. The molecule has 3 N–H and O–H groups in total. The third-order valence-electron chi connectivity index (χ3n) is 2.14. The number of aromatic nitrogens is 1. The number of nitrogens with one attached hydrogen (secondary N) is 1. The van der Waals surface area contributed by atoms with E-state index in [0.29, 0.717) is 15.6 Å². The number of rotatable bonds is 3. The second kappa shape index (κ2) is 4.75. The Balaban J connectivity index is 2.33. The fourth-order valence-corrected chi connectivity index (χ4v) is 3.89. The maximum atomic E-state index is 12.0. The highest BCUT2D eigenvalue weighted by Crippen LogP contribution is 2.27. The predicted molar refractivity (Wildman–Crippen MR) is 73.5 cm³/mol. The van der Waals surface area contributed by atoms with Gasteiger partial charge in [0, 0.05) is 0 Å². The van der Waals surface area contributed by atoms with Gasteiger partial charge in [-0.3, -0.25) is 4.72 Å². The number of nitrogen functional groups attached to an aromatic ring is 1. The molecule has 0 aliphatic carbocycles. The first kappa shape index (κ1) is 13.1. The van der Waals surface area contributed by atoms with Crippen molar-refractivity contribution in [2.45, 2.75) is 11.1 Å². The summed E-state index contributed by atoms with van der Waals surface area (Å²) in [7, 11) is -3.65. The number of sulfonamides is 1. The molecule has 0 fully saturated rings. The quantitative estimate of drug-likeness (QED) is 0.912. The summed E-state index contributed by atoms with van der Waals surface area (Å²) in [6.45, 7) is 1.72. The molecule has 0 saturated carbocycles. The monoisotopic (exact) mass is 303 g/mol. The van der Waals surface area contributed by atoms with Gasteiger partial charge in [-0.25, -0.2) is 13.4 Å². The first-order chi connectivity index (χ1) is 8.38. The van der Waals surface area contributed by atoms with E-state index in [1.165, 1.54) is 18.3 Å². The topological polar surface area (TPSA) is 85.1 Å². The van der Waals surface area contributed by atoms with Gasteiger partial charge in [-0.05, 0) is 30.7 Å². The van der Waals surface area contributed by atoms with Crippen LogP contribution >= 0.6 is 22.9 Å². The van der Waals surface area contributed by atoms with Crippen molar-refractivity contribution in [2.75, 3.05) is 10.5 Å². The van der Waals surface area contributed by atoms with Gasteiger partial charge in [0.25, 0.3) is 10.0 Å². The lowest BCUT2D eigenvalue weighted by atomic mass is 10.3. The Morgan fingerprint density at radius 3 is 2.72 bits per heavy atom. The van der Waals surface area contributed by atoms with Crippen LogP contribution in [0.1, 0.15) is 5.56 Å². The molecule has 96 valence electrons. The van der Waals surface area contributed by atoms with E-state index in [4.69, 9.17) is 17.3 Å². The molecule has 0 saturated heterocycles. The Labute approximate surface area is 114 Å². The summed E-state index contributed by atoms with van der Waals surface area (Å²) in [6, 6.07) is 4.62. The van der Waals surface area contributed by atoms with E-state index >= 15 is 0 Å². The minimum Gasteiger partial charge on any atom is -0.397 e. The molecule has 0 amide bonds. The molecule has 0 spiro atoms. The van der Waals surface area contributed by atoms with Gasteiger partial charge < -0.3 is 5.73 Å². The Morgan fingerprint density at radius 1 is 1.44 bits per heavy atom. The summed E-state index contributed by atoms with van der Waals surface area (Å²) in [6.07, 6.45) is 1.40. The molecule has 0 radical (unpaired) electrons. The standard InChI is InChI=1S/C10H10ClN3O2S2/c1-6-4-7(12)5-13-10(6)14-18(15,16)9-3-2-8(11)17-9/h2-5H,12H2,1H3,(H,13,14). The van der Waals surface area contributed by atoms with Crippen molar-refractivity contribution in [3.05, 3.63) is 34.3 Å². The number of aryl methyl sites for hydroxylation is 1. The summed E-state index contributed by atoms with van der Waals surface area (Å²) >= 11 is 6.70. The van der Waals surface area contributed by atoms with Gasteiger partial charge in [-0.15, -0.1) is 11.3 Å². The average Bonchev–Trinajstić information content (AvgIpc) is 2.70. The van der Waals surface area contributed by atoms with Gasteiger partial charge in [-0.2, -0.15) is 0 Å². The molecule has 2 heterocycles. The SMILES string of the molecule is Cc1cc(N)cnc1NS(=O)(=O)c1ccc(Cl)s1. The highest BCUT2D eigenvalue weighted by Gasteiger charge is 2.18. The second-order valence-corrected chi connectivity index (χ2v) is 7.22. The van der Waals surface area contributed by atoms with E-state index in [1.54, 1.807) is 13.0 Å². The number of halogens is 1. The number of hydrogen-bond acceptors (Lipinski definition) is 5. The van der Waals surface area contributed by atoms with Crippen LogP contribution in [-0.2, 0) is 10.0 Å². The van der Waals surface area contributed by atoms with Crippen molar-refractivity contribution in [2.24, 2.45) is 0 Å². The van der Waals surface area contributed by atoms with Gasteiger partial charge >= 0.3 is 0 Å². The van der Waals surface area contributed by atoms with E-state index < -0.39 is 10.0 Å². The molecule has 2 aromatic heterocycles. The summed E-state index contributed by atoms with van der Waals surface area (Å²) in [5, 5.41) is 0. The minimum absolute atomic E-state index is 0.144. The van der Waals surface area contributed by atoms with Crippen molar-refractivity contribution in [1.29, 1.82) is 0 Å². The van der Waals surface area contributed by atoms with E-state index in [9.17, 15) is 8.42 Å². The molecule has 0 unspecified atom stereocenters. The lowest BCUT2D eigenvalue weighted by molar-refractivity contribution is 0.603. The van der Waals surface area contributed by atoms with Crippen LogP contribution in [0.4, 0.5) is 11.5 Å². The third-order valence-corrected chi connectivity index (χ3v) is 5.21. The first-order valence-corrected chi connectivity index (χ1v) is 7.56. The predicted octanol–water partition coefficient (Wildman–Crippen LogP) is 2.49. The fraction of sp³-hybridized carbons (Fsp3) is 0.100. The van der Waals surface area contributed by atoms with Crippen LogP contribution in [0.15, 0.2) is 28.6 Å². The van der Waals surface area contributed by atoms with Crippen molar-refractivity contribution < 1.29 is 8.42 Å². The van der Waals surface area contributed by atoms with Crippen LogP contribution in [0.25, 0.3) is 0 Å². The van der Waals surface area contributed by atoms with Crippen LogP contribution < -0.4 is 10.5 Å². The maximum Gasteiger partial charge on any atom is 0.272 e. The lowest BCUT2D eigenvalue weighted by Crippen LogP contribution is -2.13. The van der Waals surface area contributed by atoms with E-state index in [-0.39, 0.29) is 10.0 Å². The molecule has 5 nitrogen and oxygen atoms in total. The molecule has 8 heteroatoms. The number of nitrogens with zero attached hydrogens (tertiary/aromatic N) is 1. The summed E-state index contributed by atoms with van der Waals surface area (Å²) in [5.74, 6) is 0.258. The molecule has 0 aliphatic rings. The maximum absolute atomic E-state index is 12.0. The van der Waals surface area contributed by atoms with Gasteiger partial charge in [0.2, 0.25) is 0 Å². The van der Waals surface area contributed by atoms with Crippen LogP contribution in [0.2, 0.25) is 4.34 Å². The summed E-state index contributed by atoms with van der Waals surface area (Å²) < 4.78 is 27.0. The Kier molecular flexibility index (Phi) is 3.47. The molecule has 0 atom stereocenters. The zero-order valence-corrected chi connectivity index (χ0v) is 11.7. The van der Waals surface area contributed by atoms with Crippen LogP contribution in [-0.4, -0.2) is 13.4 Å². The van der Waals surface area contributed by atoms with Crippen molar-refractivity contribution in [3.63, 3.8) is 0 Å². The number of hydrogen-bond donors (Lipinski definition) is 2. The Hall–Kier alpha value is -1.31. The van der Waals surface area contributed by atoms with E-state index in [1.807, 2.05) is 0 Å². The number of nitrogens with two attached hydrogens (primary N) is 1. The van der Waals surface area contributed by atoms with Crippen molar-refractivity contribution >= 4 is 44.5 Å². The van der Waals surface area contributed by atoms with Crippen LogP contribution in [0.5, 0.6) is 0 Å². The summed E-state index contributed by atoms with van der Waals surface area (Å²) in [4.78, 5) is 3.95. The molecular weight excluding hydrogens is 294 g/mol. The van der Waals surface area contributed by atoms with Crippen LogP contribution in [0.3, 0.4) is 0 Å². The number of pyridine rings is 1. The molecule has 2 aromatic rings. The highest BCUT2D eigenvalue weighted by molar-refractivity contribution is 7.94. The van der Waals surface area contributed by atoms with Crippen molar-refractivity contribution in [1.82, 2.24) is 4.98 Å². The van der Waals surface area contributed by atoms with Gasteiger partial charge in [0.15, 0.2) is 0 Å². The van der Waals surface area contributed by atoms with Gasteiger partial charge in [0.1, 0.15) is 10.0 Å². The fourth-order valence-electron chi connectivity index (χ4n) is 1.32. The molecule has 0 aliphatic heterocycles. The molecule has 2 rings (SSSR count). The van der Waals surface area contributed by atoms with E-state index in [0.717, 1.165) is 11.3 Å². The zero-order chi connectivity index (χ0) is 13.3. The van der Waals surface area contributed by atoms with Gasteiger partial charge in [0.05, 0.1) is 16.2 Å². The zero-order valence-electron chi connectivity index (χ0n) is 9.34. The molecular formula is C10H10ClN3O2S2. The van der Waals surface area contributed by atoms with Gasteiger partial charge in [-0.1, -0.05) is 11.6 Å². The largest absolute Gasteiger partial charge is 0.397 e. The third kappa shape index (κ3) is 2.74. The Bertz CT molecular complexity index is 682. The second-order valence-electron chi connectivity index (χ2n) is 3.60. The number of anilines is 2. The molecule has 0 aromatic carbocycles. The summed E-state index contributed by atoms with van der Waals surface area (Å²) in [5.41, 5.74) is 6.69. The number of thiophene rings is 1. The Morgan fingerprint density at radius 2 is 2.17 bits per heavy atom. The van der Waals surface area contributed by atoms with Crippen LogP contribution in [0, 0.1) is 6.92 Å². The molecule has 0 bridgehead atoms.